The molecule has 8 heteroatoms. The summed E-state index contributed by atoms with van der Waals surface area (Å²) < 4.78 is 45.3. The third-order valence-electron chi connectivity index (χ3n) is 3.88. The Morgan fingerprint density at radius 1 is 1.29 bits per heavy atom. The number of nitrogens with one attached hydrogen (secondary N) is 1. The van der Waals surface area contributed by atoms with Crippen LogP contribution in [0.4, 0.5) is 13.2 Å². The molecule has 0 amide bonds. The second kappa shape index (κ2) is 6.98. The van der Waals surface area contributed by atoms with Gasteiger partial charge in [-0.2, -0.15) is 13.2 Å². The van der Waals surface area contributed by atoms with Crippen LogP contribution < -0.4 is 10.1 Å². The van der Waals surface area contributed by atoms with Gasteiger partial charge in [-0.1, -0.05) is 12.1 Å². The van der Waals surface area contributed by atoms with E-state index in [1.807, 2.05) is 4.90 Å². The molecule has 24 heavy (non-hydrogen) atoms. The zero-order valence-corrected chi connectivity index (χ0v) is 13.6. The standard InChI is InChI=1S/C16H21F3N2O3/c1-15(2,14(22)23)24-13-11(10-21-8-6-20-7-9-21)4-3-5-12(13)16(17,18)19/h3-5,20H,6-10H2,1-2H3,(H,22,23). The molecular formula is C16H21F3N2O3. The molecule has 2 rings (SSSR count). The summed E-state index contributed by atoms with van der Waals surface area (Å²) in [6.07, 6.45) is -4.62. The molecule has 1 aromatic carbocycles. The number of ether oxygens (including phenoxy) is 1. The molecule has 0 bridgehead atoms. The van der Waals surface area contributed by atoms with E-state index in [4.69, 9.17) is 4.74 Å². The number of hydrogen-bond acceptors (Lipinski definition) is 4. The number of nitrogens with zero attached hydrogens (tertiary/aromatic N) is 1. The number of carbonyl (C=O) groups is 1. The van der Waals surface area contributed by atoms with Gasteiger partial charge in [0.1, 0.15) is 5.75 Å². The number of carboxylic acid groups (broad SMARTS) is 1. The summed E-state index contributed by atoms with van der Waals surface area (Å²) >= 11 is 0. The van der Waals surface area contributed by atoms with Crippen LogP contribution in [-0.4, -0.2) is 47.8 Å². The van der Waals surface area contributed by atoms with E-state index >= 15 is 0 Å². The van der Waals surface area contributed by atoms with Gasteiger partial charge in [0.25, 0.3) is 0 Å². The minimum atomic E-state index is -4.62. The molecule has 0 aromatic heterocycles. The van der Waals surface area contributed by atoms with Crippen molar-refractivity contribution in [2.75, 3.05) is 26.2 Å². The maximum Gasteiger partial charge on any atom is 0.419 e. The van der Waals surface area contributed by atoms with Gasteiger partial charge < -0.3 is 15.2 Å². The van der Waals surface area contributed by atoms with Crippen LogP contribution in [0.2, 0.25) is 0 Å². The summed E-state index contributed by atoms with van der Waals surface area (Å²) in [6, 6.07) is 3.78. The fourth-order valence-corrected chi connectivity index (χ4v) is 2.46. The minimum Gasteiger partial charge on any atom is -0.478 e. The first kappa shape index (κ1) is 18.5. The summed E-state index contributed by atoms with van der Waals surface area (Å²) in [5.74, 6) is -1.73. The van der Waals surface area contributed by atoms with Gasteiger partial charge in [0, 0.05) is 38.3 Å². The lowest BCUT2D eigenvalue weighted by Crippen LogP contribution is -2.43. The molecule has 1 saturated heterocycles. The van der Waals surface area contributed by atoms with Crippen molar-refractivity contribution in [2.24, 2.45) is 0 Å². The van der Waals surface area contributed by atoms with Crippen LogP contribution >= 0.6 is 0 Å². The minimum absolute atomic E-state index is 0.274. The number of benzene rings is 1. The average Bonchev–Trinajstić information content (AvgIpc) is 2.48. The summed E-state index contributed by atoms with van der Waals surface area (Å²) in [5.41, 5.74) is -2.38. The molecule has 0 unspecified atom stereocenters. The van der Waals surface area contributed by atoms with Crippen molar-refractivity contribution in [3.63, 3.8) is 0 Å². The first-order chi connectivity index (χ1) is 11.1. The van der Waals surface area contributed by atoms with E-state index in [9.17, 15) is 23.1 Å². The Bertz CT molecular complexity index is 597. The predicted molar refractivity (Wildman–Crippen MR) is 81.9 cm³/mol. The average molecular weight is 346 g/mol. The van der Waals surface area contributed by atoms with E-state index in [1.54, 1.807) is 6.07 Å². The molecule has 0 radical (unpaired) electrons. The van der Waals surface area contributed by atoms with Crippen LogP contribution in [-0.2, 0) is 17.5 Å². The van der Waals surface area contributed by atoms with Gasteiger partial charge in [-0.3, -0.25) is 4.90 Å². The van der Waals surface area contributed by atoms with Crippen molar-refractivity contribution in [2.45, 2.75) is 32.2 Å². The number of para-hydroxylation sites is 1. The van der Waals surface area contributed by atoms with Crippen molar-refractivity contribution in [1.82, 2.24) is 10.2 Å². The van der Waals surface area contributed by atoms with E-state index in [2.05, 4.69) is 5.32 Å². The van der Waals surface area contributed by atoms with Crippen molar-refractivity contribution in [1.29, 1.82) is 0 Å². The third-order valence-corrected chi connectivity index (χ3v) is 3.88. The van der Waals surface area contributed by atoms with Crippen molar-refractivity contribution < 1.29 is 27.8 Å². The van der Waals surface area contributed by atoms with Gasteiger partial charge in [0.2, 0.25) is 0 Å². The third kappa shape index (κ3) is 4.39. The van der Waals surface area contributed by atoms with Gasteiger partial charge in [-0.25, -0.2) is 4.79 Å². The molecular weight excluding hydrogens is 325 g/mol. The zero-order valence-electron chi connectivity index (χ0n) is 13.6. The smallest absolute Gasteiger partial charge is 0.419 e. The summed E-state index contributed by atoms with van der Waals surface area (Å²) in [6.45, 7) is 5.67. The highest BCUT2D eigenvalue weighted by Gasteiger charge is 2.39. The largest absolute Gasteiger partial charge is 0.478 e. The van der Waals surface area contributed by atoms with Gasteiger partial charge in [-0.05, 0) is 19.9 Å². The molecule has 1 aliphatic rings. The highest BCUT2D eigenvalue weighted by molar-refractivity contribution is 5.77. The van der Waals surface area contributed by atoms with Gasteiger partial charge in [0.05, 0.1) is 5.56 Å². The highest BCUT2D eigenvalue weighted by Crippen LogP contribution is 2.40. The van der Waals surface area contributed by atoms with E-state index in [-0.39, 0.29) is 6.54 Å². The fraction of sp³-hybridized carbons (Fsp3) is 0.562. The molecule has 0 spiro atoms. The maximum atomic E-state index is 13.3. The number of rotatable bonds is 5. The lowest BCUT2D eigenvalue weighted by molar-refractivity contribution is -0.155. The van der Waals surface area contributed by atoms with Gasteiger partial charge in [-0.15, -0.1) is 0 Å². The van der Waals surface area contributed by atoms with E-state index in [0.717, 1.165) is 19.2 Å². The van der Waals surface area contributed by atoms with E-state index in [0.29, 0.717) is 18.7 Å². The normalized spacial score (nSPS) is 16.9. The molecule has 1 aliphatic heterocycles. The molecule has 0 saturated carbocycles. The Hall–Kier alpha value is -1.80. The van der Waals surface area contributed by atoms with Crippen molar-refractivity contribution in [3.05, 3.63) is 29.3 Å². The Kier molecular flexibility index (Phi) is 5.39. The first-order valence-electron chi connectivity index (χ1n) is 7.66. The molecule has 134 valence electrons. The van der Waals surface area contributed by atoms with Crippen LogP contribution in [0.5, 0.6) is 5.75 Å². The molecule has 2 N–H and O–H groups in total. The number of carboxylic acids is 1. The Morgan fingerprint density at radius 2 is 1.92 bits per heavy atom. The summed E-state index contributed by atoms with van der Waals surface area (Å²) in [7, 11) is 0. The van der Waals surface area contributed by atoms with E-state index in [1.165, 1.54) is 19.9 Å². The quantitative estimate of drug-likeness (QED) is 0.857. The van der Waals surface area contributed by atoms with E-state index < -0.39 is 29.1 Å². The SMILES string of the molecule is CC(C)(Oc1c(CN2CCNCC2)cccc1C(F)(F)F)C(=O)O. The number of hydrogen-bond donors (Lipinski definition) is 2. The predicted octanol–water partition coefficient (Wildman–Crippen LogP) is 2.35. The van der Waals surface area contributed by atoms with Crippen LogP contribution in [0.3, 0.4) is 0 Å². The Balaban J connectivity index is 2.40. The van der Waals surface area contributed by atoms with Crippen LogP contribution in [0.25, 0.3) is 0 Å². The molecule has 1 fully saturated rings. The number of alkyl halides is 3. The molecule has 1 aromatic rings. The van der Waals surface area contributed by atoms with Crippen LogP contribution in [0.15, 0.2) is 18.2 Å². The molecule has 1 heterocycles. The number of aliphatic carboxylic acids is 1. The fourth-order valence-electron chi connectivity index (χ4n) is 2.46. The lowest BCUT2D eigenvalue weighted by Gasteiger charge is -2.30. The number of piperazine rings is 1. The van der Waals surface area contributed by atoms with Gasteiger partial charge >= 0.3 is 12.1 Å². The molecule has 5 nitrogen and oxygen atoms in total. The van der Waals surface area contributed by atoms with Crippen LogP contribution in [0, 0.1) is 0 Å². The second-order valence-corrected chi connectivity index (χ2v) is 6.24. The Labute approximate surface area is 138 Å². The summed E-state index contributed by atoms with van der Waals surface area (Å²) in [4.78, 5) is 13.3. The highest BCUT2D eigenvalue weighted by atomic mass is 19.4. The van der Waals surface area contributed by atoms with Crippen molar-refractivity contribution in [3.8, 4) is 5.75 Å². The summed E-state index contributed by atoms with van der Waals surface area (Å²) in [5, 5.41) is 12.4. The van der Waals surface area contributed by atoms with Gasteiger partial charge in [0.15, 0.2) is 5.60 Å². The molecule has 0 atom stereocenters. The monoisotopic (exact) mass is 346 g/mol. The van der Waals surface area contributed by atoms with Crippen LogP contribution in [0.1, 0.15) is 25.0 Å². The second-order valence-electron chi connectivity index (χ2n) is 6.24. The van der Waals surface area contributed by atoms with Crippen molar-refractivity contribution >= 4 is 5.97 Å². The first-order valence-corrected chi connectivity index (χ1v) is 7.66. The maximum absolute atomic E-state index is 13.3. The number of halogens is 3. The topological polar surface area (TPSA) is 61.8 Å². The Morgan fingerprint density at radius 3 is 2.46 bits per heavy atom. The zero-order chi connectivity index (χ0) is 18.0. The molecule has 0 aliphatic carbocycles. The lowest BCUT2D eigenvalue weighted by atomic mass is 10.1.